The molecule has 1 aromatic heterocycles. The zero-order valence-electron chi connectivity index (χ0n) is 19.6. The van der Waals surface area contributed by atoms with Crippen molar-refractivity contribution in [3.63, 3.8) is 0 Å². The smallest absolute Gasteiger partial charge is 0.271 e. The molecule has 0 aliphatic carbocycles. The molecule has 0 bridgehead atoms. The van der Waals surface area contributed by atoms with Gasteiger partial charge in [-0.3, -0.25) is 15.1 Å². The van der Waals surface area contributed by atoms with Crippen LogP contribution in [-0.4, -0.2) is 34.9 Å². The number of benzene rings is 3. The number of non-ortho nitro benzene ring substituents is 1. The number of likely N-dealkylation sites (N-methyl/N-ethyl adjacent to an activating group) is 1. The number of hydrogen-bond donors (Lipinski definition) is 0. The lowest BCUT2D eigenvalue weighted by Gasteiger charge is -2.30. The molecule has 2 unspecified atom stereocenters. The standard InChI is InChI=1S/C28H26FN3O3/c1-31(2)27(12-5-18-3-8-23(29)9-4-18)28-25-11-7-19(13-22(25)17-35-28)21-14-20-6-10-24(32(33)34)15-26(20)30-16-21/h3-4,6-11,13-16,27-28H,5,12,17H2,1-2H3. The highest BCUT2D eigenvalue weighted by atomic mass is 19.1. The Hall–Kier alpha value is -3.68. The first-order valence-corrected chi connectivity index (χ1v) is 11.6. The number of nitrogens with zero attached hydrogens (tertiary/aromatic N) is 3. The van der Waals surface area contributed by atoms with Gasteiger partial charge >= 0.3 is 0 Å². The number of aryl methyl sites for hydroxylation is 1. The van der Waals surface area contributed by atoms with E-state index in [1.54, 1.807) is 12.3 Å². The molecule has 0 amide bonds. The van der Waals surface area contributed by atoms with Crippen molar-refractivity contribution in [3.05, 3.63) is 106 Å². The summed E-state index contributed by atoms with van der Waals surface area (Å²) in [7, 11) is 4.13. The number of pyridine rings is 1. The van der Waals surface area contributed by atoms with Gasteiger partial charge in [0.1, 0.15) is 5.82 Å². The van der Waals surface area contributed by atoms with Crippen LogP contribution in [0.1, 0.15) is 29.2 Å². The van der Waals surface area contributed by atoms with Gasteiger partial charge < -0.3 is 9.64 Å². The first-order valence-electron chi connectivity index (χ1n) is 11.6. The van der Waals surface area contributed by atoms with Crippen molar-refractivity contribution in [2.75, 3.05) is 14.1 Å². The van der Waals surface area contributed by atoms with Crippen molar-refractivity contribution >= 4 is 16.6 Å². The summed E-state index contributed by atoms with van der Waals surface area (Å²) in [4.78, 5) is 17.3. The molecule has 3 aromatic carbocycles. The molecule has 1 aliphatic heterocycles. The number of fused-ring (bicyclic) bond motifs is 2. The molecule has 178 valence electrons. The quantitative estimate of drug-likeness (QED) is 0.241. The molecule has 1 aliphatic rings. The Morgan fingerprint density at radius 2 is 1.89 bits per heavy atom. The fourth-order valence-electron chi connectivity index (χ4n) is 4.80. The van der Waals surface area contributed by atoms with Gasteiger partial charge in [-0.1, -0.05) is 24.3 Å². The Kier molecular flexibility index (Phi) is 6.28. The maximum Gasteiger partial charge on any atom is 0.271 e. The monoisotopic (exact) mass is 471 g/mol. The molecule has 0 spiro atoms. The van der Waals surface area contributed by atoms with Crippen LogP contribution in [-0.2, 0) is 17.8 Å². The number of rotatable bonds is 7. The average molecular weight is 472 g/mol. The lowest BCUT2D eigenvalue weighted by atomic mass is 9.92. The van der Waals surface area contributed by atoms with Crippen LogP contribution in [0, 0.1) is 15.9 Å². The Bertz CT molecular complexity index is 1390. The number of ether oxygens (including phenoxy) is 1. The highest BCUT2D eigenvalue weighted by Gasteiger charge is 2.32. The molecule has 0 radical (unpaired) electrons. The van der Waals surface area contributed by atoms with Gasteiger partial charge in [-0.2, -0.15) is 0 Å². The van der Waals surface area contributed by atoms with E-state index in [9.17, 15) is 14.5 Å². The van der Waals surface area contributed by atoms with Crippen LogP contribution < -0.4 is 0 Å². The molecule has 2 atom stereocenters. The van der Waals surface area contributed by atoms with Crippen LogP contribution in [0.25, 0.3) is 22.0 Å². The van der Waals surface area contributed by atoms with Crippen molar-refractivity contribution in [3.8, 4) is 11.1 Å². The van der Waals surface area contributed by atoms with Crippen LogP contribution in [0.5, 0.6) is 0 Å². The summed E-state index contributed by atoms with van der Waals surface area (Å²) in [6, 6.07) is 20.0. The first-order chi connectivity index (χ1) is 16.9. The normalized spacial score (nSPS) is 15.9. The molecule has 0 N–H and O–H groups in total. The van der Waals surface area contributed by atoms with E-state index in [1.807, 2.05) is 18.2 Å². The van der Waals surface area contributed by atoms with Crippen LogP contribution >= 0.6 is 0 Å². The second-order valence-corrected chi connectivity index (χ2v) is 9.20. The summed E-state index contributed by atoms with van der Waals surface area (Å²) < 4.78 is 19.5. The predicted octanol–water partition coefficient (Wildman–Crippen LogP) is 6.08. The molecule has 6 nitrogen and oxygen atoms in total. The van der Waals surface area contributed by atoms with E-state index < -0.39 is 4.92 Å². The van der Waals surface area contributed by atoms with Crippen molar-refractivity contribution in [1.29, 1.82) is 0 Å². The van der Waals surface area contributed by atoms with Crippen LogP contribution in [0.4, 0.5) is 10.1 Å². The summed E-state index contributed by atoms with van der Waals surface area (Å²) in [6.45, 7) is 0.544. The molecule has 2 heterocycles. The summed E-state index contributed by atoms with van der Waals surface area (Å²) in [6.07, 6.45) is 3.46. The number of hydrogen-bond acceptors (Lipinski definition) is 5. The van der Waals surface area contributed by atoms with Gasteiger partial charge in [-0.25, -0.2) is 4.39 Å². The van der Waals surface area contributed by atoms with Gasteiger partial charge in [-0.05, 0) is 79.5 Å². The second-order valence-electron chi connectivity index (χ2n) is 9.20. The molecule has 4 aromatic rings. The third-order valence-electron chi connectivity index (χ3n) is 6.73. The van der Waals surface area contributed by atoms with E-state index in [-0.39, 0.29) is 23.7 Å². The van der Waals surface area contributed by atoms with E-state index in [1.165, 1.54) is 29.8 Å². The van der Waals surface area contributed by atoms with Gasteiger partial charge in [0.2, 0.25) is 0 Å². The minimum Gasteiger partial charge on any atom is -0.367 e. The maximum atomic E-state index is 13.2. The van der Waals surface area contributed by atoms with Crippen molar-refractivity contribution in [2.45, 2.75) is 31.6 Å². The summed E-state index contributed by atoms with van der Waals surface area (Å²) in [5.41, 5.74) is 6.09. The van der Waals surface area contributed by atoms with Crippen molar-refractivity contribution in [1.82, 2.24) is 9.88 Å². The molecule has 0 saturated carbocycles. The zero-order chi connectivity index (χ0) is 24.5. The molecule has 0 fully saturated rings. The van der Waals surface area contributed by atoms with E-state index in [2.05, 4.69) is 42.2 Å². The lowest BCUT2D eigenvalue weighted by molar-refractivity contribution is -0.384. The Morgan fingerprint density at radius 1 is 1.09 bits per heavy atom. The SMILES string of the molecule is CN(C)C(CCc1ccc(F)cc1)C1OCc2cc(-c3cnc4cc([N+](=O)[O-])ccc4c3)ccc21. The number of nitro groups is 1. The molecular formula is C28H26FN3O3. The van der Waals surface area contributed by atoms with Gasteiger partial charge in [0.05, 0.1) is 23.2 Å². The molecule has 35 heavy (non-hydrogen) atoms. The largest absolute Gasteiger partial charge is 0.367 e. The van der Waals surface area contributed by atoms with E-state index >= 15 is 0 Å². The highest BCUT2D eigenvalue weighted by Crippen LogP contribution is 2.38. The third-order valence-corrected chi connectivity index (χ3v) is 6.73. The van der Waals surface area contributed by atoms with Gasteiger partial charge in [0, 0.05) is 35.3 Å². The fraction of sp³-hybridized carbons (Fsp3) is 0.250. The van der Waals surface area contributed by atoms with Crippen molar-refractivity contribution < 1.29 is 14.1 Å². The number of aromatic nitrogens is 1. The fourth-order valence-corrected chi connectivity index (χ4v) is 4.80. The summed E-state index contributed by atoms with van der Waals surface area (Å²) >= 11 is 0. The highest BCUT2D eigenvalue weighted by molar-refractivity contribution is 5.85. The minimum absolute atomic E-state index is 0.0355. The van der Waals surface area contributed by atoms with Gasteiger partial charge in [-0.15, -0.1) is 0 Å². The van der Waals surface area contributed by atoms with Crippen LogP contribution in [0.2, 0.25) is 0 Å². The average Bonchev–Trinajstić information content (AvgIpc) is 3.27. The van der Waals surface area contributed by atoms with Crippen LogP contribution in [0.3, 0.4) is 0 Å². The van der Waals surface area contributed by atoms with Gasteiger partial charge in [0.25, 0.3) is 5.69 Å². The Morgan fingerprint density at radius 3 is 2.63 bits per heavy atom. The van der Waals surface area contributed by atoms with Crippen molar-refractivity contribution in [2.24, 2.45) is 0 Å². The van der Waals surface area contributed by atoms with E-state index in [0.717, 1.165) is 40.5 Å². The second kappa shape index (κ2) is 9.52. The lowest BCUT2D eigenvalue weighted by Crippen LogP contribution is -2.34. The van der Waals surface area contributed by atoms with E-state index in [4.69, 9.17) is 4.74 Å². The molecule has 5 rings (SSSR count). The topological polar surface area (TPSA) is 68.5 Å². The summed E-state index contributed by atoms with van der Waals surface area (Å²) in [5, 5.41) is 11.9. The molecule has 0 saturated heterocycles. The minimum atomic E-state index is -0.410. The Labute approximate surface area is 203 Å². The first kappa shape index (κ1) is 23.1. The van der Waals surface area contributed by atoms with Gasteiger partial charge in [0.15, 0.2) is 0 Å². The molecule has 7 heteroatoms. The molecular weight excluding hydrogens is 445 g/mol. The zero-order valence-corrected chi connectivity index (χ0v) is 19.6. The number of halogens is 1. The Balaban J connectivity index is 1.37. The summed E-state index contributed by atoms with van der Waals surface area (Å²) in [5.74, 6) is -0.218. The predicted molar refractivity (Wildman–Crippen MR) is 134 cm³/mol. The number of nitro benzene ring substituents is 1. The van der Waals surface area contributed by atoms with E-state index in [0.29, 0.717) is 12.1 Å². The maximum absolute atomic E-state index is 13.2. The van der Waals surface area contributed by atoms with Crippen LogP contribution in [0.15, 0.2) is 72.9 Å². The third kappa shape index (κ3) is 4.78.